The van der Waals surface area contributed by atoms with Crippen molar-refractivity contribution in [3.05, 3.63) is 0 Å². The Labute approximate surface area is 104 Å². The van der Waals surface area contributed by atoms with Gasteiger partial charge in [-0.3, -0.25) is 4.79 Å². The zero-order valence-corrected chi connectivity index (χ0v) is 10.8. The Kier molecular flexibility index (Phi) is 4.80. The minimum atomic E-state index is 0.310. The molecule has 0 aromatic rings. The van der Waals surface area contributed by atoms with E-state index in [4.69, 9.17) is 4.74 Å². The van der Waals surface area contributed by atoms with Gasteiger partial charge in [0.1, 0.15) is 0 Å². The highest BCUT2D eigenvalue weighted by molar-refractivity contribution is 5.76. The molecule has 4 heteroatoms. The summed E-state index contributed by atoms with van der Waals surface area (Å²) in [6.45, 7) is 6.68. The standard InChI is InChI=1S/C13H24N2O2/c1-11(12-5-9-17-10-12)14-6-4-13(16)15-7-2-3-8-15/h11-12,14H,2-10H2,1H3. The van der Waals surface area contributed by atoms with Gasteiger partial charge in [0.2, 0.25) is 5.91 Å². The number of amides is 1. The molecule has 4 nitrogen and oxygen atoms in total. The van der Waals surface area contributed by atoms with Gasteiger partial charge in [0.05, 0.1) is 6.61 Å². The van der Waals surface area contributed by atoms with Gasteiger partial charge >= 0.3 is 0 Å². The van der Waals surface area contributed by atoms with Crippen molar-refractivity contribution in [3.8, 4) is 0 Å². The fourth-order valence-electron chi connectivity index (χ4n) is 2.65. The van der Waals surface area contributed by atoms with Crippen molar-refractivity contribution >= 4 is 5.91 Å². The first-order chi connectivity index (χ1) is 8.27. The van der Waals surface area contributed by atoms with Crippen molar-refractivity contribution in [1.29, 1.82) is 0 Å². The van der Waals surface area contributed by atoms with Crippen molar-refractivity contribution in [2.45, 2.75) is 38.6 Å². The van der Waals surface area contributed by atoms with Gasteiger partial charge in [-0.05, 0) is 32.1 Å². The summed E-state index contributed by atoms with van der Waals surface area (Å²) in [5.74, 6) is 0.932. The summed E-state index contributed by atoms with van der Waals surface area (Å²) in [6, 6.07) is 0.462. The first kappa shape index (κ1) is 12.8. The van der Waals surface area contributed by atoms with E-state index in [9.17, 15) is 4.79 Å². The molecule has 2 rings (SSSR count). The molecule has 2 unspecified atom stereocenters. The van der Waals surface area contributed by atoms with Crippen molar-refractivity contribution in [1.82, 2.24) is 10.2 Å². The average molecular weight is 240 g/mol. The third-order valence-corrected chi connectivity index (χ3v) is 3.94. The van der Waals surface area contributed by atoms with Crippen LogP contribution in [0.3, 0.4) is 0 Å². The van der Waals surface area contributed by atoms with Crippen LogP contribution in [0.15, 0.2) is 0 Å². The van der Waals surface area contributed by atoms with Gasteiger partial charge in [0.15, 0.2) is 0 Å². The van der Waals surface area contributed by atoms with Crippen molar-refractivity contribution < 1.29 is 9.53 Å². The normalized spacial score (nSPS) is 26.4. The molecular formula is C13H24N2O2. The Bertz CT molecular complexity index is 246. The molecule has 1 amide bonds. The molecule has 0 aliphatic carbocycles. The number of nitrogens with zero attached hydrogens (tertiary/aromatic N) is 1. The molecule has 0 aromatic carbocycles. The maximum absolute atomic E-state index is 11.8. The van der Waals surface area contributed by atoms with E-state index >= 15 is 0 Å². The van der Waals surface area contributed by atoms with Gasteiger partial charge < -0.3 is 15.0 Å². The first-order valence-corrected chi connectivity index (χ1v) is 6.86. The Balaban J connectivity index is 1.59. The van der Waals surface area contributed by atoms with Crippen LogP contribution >= 0.6 is 0 Å². The van der Waals surface area contributed by atoms with Gasteiger partial charge in [0, 0.05) is 38.7 Å². The van der Waals surface area contributed by atoms with Crippen LogP contribution < -0.4 is 5.32 Å². The average Bonchev–Trinajstić information content (AvgIpc) is 3.02. The molecule has 2 heterocycles. The summed E-state index contributed by atoms with van der Waals surface area (Å²) >= 11 is 0. The zero-order chi connectivity index (χ0) is 12.1. The Morgan fingerprint density at radius 1 is 1.47 bits per heavy atom. The van der Waals surface area contributed by atoms with Crippen molar-refractivity contribution in [2.24, 2.45) is 5.92 Å². The maximum atomic E-state index is 11.8. The number of hydrogen-bond donors (Lipinski definition) is 1. The lowest BCUT2D eigenvalue weighted by atomic mass is 10.0. The third kappa shape index (κ3) is 3.68. The summed E-state index contributed by atoms with van der Waals surface area (Å²) in [5.41, 5.74) is 0. The molecule has 2 aliphatic rings. The second-order valence-corrected chi connectivity index (χ2v) is 5.20. The van der Waals surface area contributed by atoms with Gasteiger partial charge in [-0.15, -0.1) is 0 Å². The number of likely N-dealkylation sites (tertiary alicyclic amines) is 1. The van der Waals surface area contributed by atoms with E-state index in [-0.39, 0.29) is 0 Å². The molecule has 2 atom stereocenters. The Morgan fingerprint density at radius 3 is 2.88 bits per heavy atom. The number of nitrogens with one attached hydrogen (secondary N) is 1. The SMILES string of the molecule is CC(NCCC(=O)N1CCCC1)C1CCOC1. The monoisotopic (exact) mass is 240 g/mol. The van der Waals surface area contributed by atoms with E-state index in [0.717, 1.165) is 39.3 Å². The predicted molar refractivity (Wildman–Crippen MR) is 66.8 cm³/mol. The summed E-state index contributed by atoms with van der Waals surface area (Å²) in [4.78, 5) is 13.8. The van der Waals surface area contributed by atoms with Crippen molar-refractivity contribution in [2.75, 3.05) is 32.8 Å². The van der Waals surface area contributed by atoms with Crippen LogP contribution in [0.4, 0.5) is 0 Å². The third-order valence-electron chi connectivity index (χ3n) is 3.94. The summed E-state index contributed by atoms with van der Waals surface area (Å²) in [6.07, 6.45) is 4.14. The highest BCUT2D eigenvalue weighted by atomic mass is 16.5. The van der Waals surface area contributed by atoms with Gasteiger partial charge in [-0.1, -0.05) is 0 Å². The molecule has 0 radical (unpaired) electrons. The minimum absolute atomic E-state index is 0.310. The molecule has 98 valence electrons. The minimum Gasteiger partial charge on any atom is -0.381 e. The lowest BCUT2D eigenvalue weighted by molar-refractivity contribution is -0.130. The van der Waals surface area contributed by atoms with E-state index in [1.54, 1.807) is 0 Å². The van der Waals surface area contributed by atoms with E-state index in [1.165, 1.54) is 12.8 Å². The van der Waals surface area contributed by atoms with Gasteiger partial charge in [0.25, 0.3) is 0 Å². The number of hydrogen-bond acceptors (Lipinski definition) is 3. The zero-order valence-electron chi connectivity index (χ0n) is 10.8. The van der Waals surface area contributed by atoms with E-state index < -0.39 is 0 Å². The Morgan fingerprint density at radius 2 is 2.24 bits per heavy atom. The maximum Gasteiger partial charge on any atom is 0.223 e. The molecule has 0 saturated carbocycles. The molecule has 2 saturated heterocycles. The summed E-state index contributed by atoms with van der Waals surface area (Å²) in [5, 5.41) is 3.45. The Hall–Kier alpha value is -0.610. The molecular weight excluding hydrogens is 216 g/mol. The molecule has 2 aliphatic heterocycles. The lowest BCUT2D eigenvalue weighted by Gasteiger charge is -2.20. The molecule has 0 bridgehead atoms. The lowest BCUT2D eigenvalue weighted by Crippen LogP contribution is -2.37. The van der Waals surface area contributed by atoms with Crippen LogP contribution in [0.2, 0.25) is 0 Å². The molecule has 17 heavy (non-hydrogen) atoms. The molecule has 0 aromatic heterocycles. The van der Waals surface area contributed by atoms with Crippen LogP contribution in [0, 0.1) is 5.92 Å². The van der Waals surface area contributed by atoms with Gasteiger partial charge in [-0.25, -0.2) is 0 Å². The smallest absolute Gasteiger partial charge is 0.223 e. The van der Waals surface area contributed by atoms with E-state index in [0.29, 0.717) is 24.3 Å². The van der Waals surface area contributed by atoms with Crippen LogP contribution in [0.1, 0.15) is 32.6 Å². The highest BCUT2D eigenvalue weighted by Crippen LogP contribution is 2.16. The summed E-state index contributed by atoms with van der Waals surface area (Å²) < 4.78 is 5.37. The molecule has 2 fully saturated rings. The second-order valence-electron chi connectivity index (χ2n) is 5.20. The quantitative estimate of drug-likeness (QED) is 0.780. The summed E-state index contributed by atoms with van der Waals surface area (Å²) in [7, 11) is 0. The van der Waals surface area contributed by atoms with E-state index in [2.05, 4.69) is 12.2 Å². The number of rotatable bonds is 5. The predicted octanol–water partition coefficient (Wildman–Crippen LogP) is 1.01. The molecule has 0 spiro atoms. The molecule has 1 N–H and O–H groups in total. The number of carbonyl (C=O) groups excluding carboxylic acids is 1. The highest BCUT2D eigenvalue weighted by Gasteiger charge is 2.22. The van der Waals surface area contributed by atoms with Crippen LogP contribution in [0.5, 0.6) is 0 Å². The largest absolute Gasteiger partial charge is 0.381 e. The van der Waals surface area contributed by atoms with Crippen LogP contribution in [0.25, 0.3) is 0 Å². The van der Waals surface area contributed by atoms with Crippen molar-refractivity contribution in [3.63, 3.8) is 0 Å². The fourth-order valence-corrected chi connectivity index (χ4v) is 2.65. The topological polar surface area (TPSA) is 41.6 Å². The fraction of sp³-hybridized carbons (Fsp3) is 0.923. The van der Waals surface area contributed by atoms with Gasteiger partial charge in [-0.2, -0.15) is 0 Å². The number of carbonyl (C=O) groups is 1. The van der Waals surface area contributed by atoms with Crippen LogP contribution in [-0.2, 0) is 9.53 Å². The first-order valence-electron chi connectivity index (χ1n) is 6.86. The van der Waals surface area contributed by atoms with Crippen LogP contribution in [-0.4, -0.2) is 49.7 Å². The van der Waals surface area contributed by atoms with E-state index in [1.807, 2.05) is 4.90 Å². The number of ether oxygens (including phenoxy) is 1. The second kappa shape index (κ2) is 6.36.